The number of carbonyl (C=O) groups is 3. The number of fused-ring (bicyclic) bond motifs is 1. The second-order valence-corrected chi connectivity index (χ2v) is 5.51. The smallest absolute Gasteiger partial charge is 0.261 e. The van der Waals surface area contributed by atoms with Crippen molar-refractivity contribution in [1.82, 2.24) is 4.90 Å². The van der Waals surface area contributed by atoms with Crippen molar-refractivity contribution in [3.63, 3.8) is 0 Å². The van der Waals surface area contributed by atoms with Crippen molar-refractivity contribution in [2.45, 2.75) is 12.8 Å². The third-order valence-electron chi connectivity index (χ3n) is 3.81. The van der Waals surface area contributed by atoms with Crippen LogP contribution in [0.3, 0.4) is 0 Å². The van der Waals surface area contributed by atoms with Crippen molar-refractivity contribution in [3.8, 4) is 5.75 Å². The molecular formula is C18H16N2O4. The molecule has 24 heavy (non-hydrogen) atoms. The Kier molecular flexibility index (Phi) is 4.29. The lowest BCUT2D eigenvalue weighted by atomic mass is 10.1. The zero-order chi connectivity index (χ0) is 17.1. The Morgan fingerprint density at radius 1 is 0.958 bits per heavy atom. The second-order valence-electron chi connectivity index (χ2n) is 5.51. The molecule has 2 N–H and O–H groups in total. The molecule has 0 radical (unpaired) electrons. The first kappa shape index (κ1) is 15.7. The molecule has 1 aliphatic rings. The molecule has 0 unspecified atom stereocenters. The third-order valence-corrected chi connectivity index (χ3v) is 3.81. The number of benzene rings is 2. The van der Waals surface area contributed by atoms with Gasteiger partial charge >= 0.3 is 0 Å². The van der Waals surface area contributed by atoms with E-state index in [1.807, 2.05) is 0 Å². The van der Waals surface area contributed by atoms with Gasteiger partial charge in [-0.1, -0.05) is 12.1 Å². The van der Waals surface area contributed by atoms with Gasteiger partial charge in [0.25, 0.3) is 11.8 Å². The summed E-state index contributed by atoms with van der Waals surface area (Å²) in [4.78, 5) is 37.4. The molecule has 1 heterocycles. The van der Waals surface area contributed by atoms with Crippen LogP contribution < -0.4 is 5.32 Å². The number of rotatable bonds is 5. The van der Waals surface area contributed by atoms with Gasteiger partial charge < -0.3 is 10.4 Å². The average Bonchev–Trinajstić information content (AvgIpc) is 2.82. The first-order valence-electron chi connectivity index (χ1n) is 7.60. The van der Waals surface area contributed by atoms with E-state index in [4.69, 9.17) is 0 Å². The summed E-state index contributed by atoms with van der Waals surface area (Å²) in [6, 6.07) is 12.9. The summed E-state index contributed by atoms with van der Waals surface area (Å²) in [5.74, 6) is -0.708. The van der Waals surface area contributed by atoms with Crippen LogP contribution in [-0.4, -0.2) is 34.3 Å². The van der Waals surface area contributed by atoms with Gasteiger partial charge in [-0.15, -0.1) is 0 Å². The van der Waals surface area contributed by atoms with Gasteiger partial charge in [0.15, 0.2) is 0 Å². The van der Waals surface area contributed by atoms with Crippen LogP contribution in [0.2, 0.25) is 0 Å². The highest BCUT2D eigenvalue weighted by Gasteiger charge is 2.34. The molecule has 0 aromatic heterocycles. The van der Waals surface area contributed by atoms with E-state index in [0.29, 0.717) is 23.2 Å². The van der Waals surface area contributed by atoms with E-state index < -0.39 is 0 Å². The third kappa shape index (κ3) is 3.12. The lowest BCUT2D eigenvalue weighted by Crippen LogP contribution is -2.31. The van der Waals surface area contributed by atoms with Crippen molar-refractivity contribution >= 4 is 23.4 Å². The molecule has 0 aliphatic carbocycles. The Morgan fingerprint density at radius 2 is 1.54 bits per heavy atom. The molecule has 6 heteroatoms. The Bertz CT molecular complexity index is 764. The van der Waals surface area contributed by atoms with E-state index in [0.717, 1.165) is 0 Å². The Balaban J connectivity index is 1.52. The van der Waals surface area contributed by atoms with Crippen LogP contribution in [0.25, 0.3) is 0 Å². The number of carbonyl (C=O) groups excluding carboxylic acids is 3. The monoisotopic (exact) mass is 324 g/mol. The minimum atomic E-state index is -0.311. The van der Waals surface area contributed by atoms with Gasteiger partial charge in [-0.3, -0.25) is 19.3 Å². The van der Waals surface area contributed by atoms with Crippen molar-refractivity contribution < 1.29 is 19.5 Å². The minimum Gasteiger partial charge on any atom is -0.508 e. The Labute approximate surface area is 138 Å². The fourth-order valence-corrected chi connectivity index (χ4v) is 2.61. The molecule has 2 aromatic carbocycles. The number of nitrogens with one attached hydrogen (secondary N) is 1. The van der Waals surface area contributed by atoms with Gasteiger partial charge in [-0.05, 0) is 42.8 Å². The van der Waals surface area contributed by atoms with Crippen LogP contribution in [0.1, 0.15) is 33.6 Å². The van der Waals surface area contributed by atoms with Crippen LogP contribution in [0.15, 0.2) is 48.5 Å². The van der Waals surface area contributed by atoms with Gasteiger partial charge in [0.1, 0.15) is 5.75 Å². The van der Waals surface area contributed by atoms with E-state index >= 15 is 0 Å². The lowest BCUT2D eigenvalue weighted by Gasteiger charge is -2.13. The summed E-state index contributed by atoms with van der Waals surface area (Å²) >= 11 is 0. The normalized spacial score (nSPS) is 13.1. The summed E-state index contributed by atoms with van der Waals surface area (Å²) in [5.41, 5.74) is 1.41. The van der Waals surface area contributed by atoms with Crippen LogP contribution in [0.5, 0.6) is 5.75 Å². The number of hydrogen-bond acceptors (Lipinski definition) is 4. The van der Waals surface area contributed by atoms with E-state index in [9.17, 15) is 19.5 Å². The molecule has 6 nitrogen and oxygen atoms in total. The fourth-order valence-electron chi connectivity index (χ4n) is 2.61. The maximum atomic E-state index is 12.2. The predicted octanol–water partition coefficient (Wildman–Crippen LogP) is 2.41. The highest BCUT2D eigenvalue weighted by molar-refractivity contribution is 6.21. The van der Waals surface area contributed by atoms with Crippen molar-refractivity contribution in [2.75, 3.05) is 11.9 Å². The van der Waals surface area contributed by atoms with E-state index in [-0.39, 0.29) is 36.4 Å². The minimum absolute atomic E-state index is 0.124. The highest BCUT2D eigenvalue weighted by Crippen LogP contribution is 2.22. The second kappa shape index (κ2) is 6.54. The Morgan fingerprint density at radius 3 is 2.12 bits per heavy atom. The van der Waals surface area contributed by atoms with Gasteiger partial charge in [-0.2, -0.15) is 0 Å². The molecule has 0 saturated carbocycles. The summed E-state index contributed by atoms with van der Waals surface area (Å²) in [6.45, 7) is 0.204. The van der Waals surface area contributed by atoms with Gasteiger partial charge in [0, 0.05) is 18.7 Å². The van der Waals surface area contributed by atoms with Crippen molar-refractivity contribution in [1.29, 1.82) is 0 Å². The zero-order valence-electron chi connectivity index (χ0n) is 12.9. The molecular weight excluding hydrogens is 308 g/mol. The lowest BCUT2D eigenvalue weighted by molar-refractivity contribution is -0.116. The van der Waals surface area contributed by atoms with E-state index in [2.05, 4.69) is 5.32 Å². The standard InChI is InChI=1S/C18H16N2O4/c21-13-9-7-12(8-10-13)19-16(22)6-3-11-20-17(23)14-4-1-2-5-15(14)18(20)24/h1-2,4-5,7-10,21H,3,6,11H2,(H,19,22). The molecule has 0 fully saturated rings. The van der Waals surface area contributed by atoms with Crippen LogP contribution in [0.4, 0.5) is 5.69 Å². The number of nitrogens with zero attached hydrogens (tertiary/aromatic N) is 1. The fraction of sp³-hybridized carbons (Fsp3) is 0.167. The van der Waals surface area contributed by atoms with Gasteiger partial charge in [0.05, 0.1) is 11.1 Å². The quantitative estimate of drug-likeness (QED) is 0.653. The number of hydrogen-bond donors (Lipinski definition) is 2. The maximum Gasteiger partial charge on any atom is 0.261 e. The number of phenols is 1. The SMILES string of the molecule is O=C(CCCN1C(=O)c2ccccc2C1=O)Nc1ccc(O)cc1. The molecule has 3 rings (SSSR count). The van der Waals surface area contributed by atoms with Crippen LogP contribution in [0, 0.1) is 0 Å². The molecule has 2 aromatic rings. The van der Waals surface area contributed by atoms with Gasteiger partial charge in [0.2, 0.25) is 5.91 Å². The number of anilines is 1. The largest absolute Gasteiger partial charge is 0.508 e. The van der Waals surface area contributed by atoms with E-state index in [1.165, 1.54) is 17.0 Å². The number of aromatic hydroxyl groups is 1. The summed E-state index contributed by atoms with van der Waals surface area (Å²) in [5, 5.41) is 11.9. The molecule has 0 saturated heterocycles. The summed E-state index contributed by atoms with van der Waals surface area (Å²) in [7, 11) is 0. The number of amides is 3. The predicted molar refractivity (Wildman–Crippen MR) is 87.8 cm³/mol. The number of phenolic OH excluding ortho intramolecular Hbond substituents is 1. The van der Waals surface area contributed by atoms with E-state index in [1.54, 1.807) is 36.4 Å². The first-order valence-corrected chi connectivity index (χ1v) is 7.60. The van der Waals surface area contributed by atoms with Crippen molar-refractivity contribution in [3.05, 3.63) is 59.7 Å². The average molecular weight is 324 g/mol. The molecule has 1 aliphatic heterocycles. The summed E-state index contributed by atoms with van der Waals surface area (Å²) in [6.07, 6.45) is 0.573. The molecule has 0 spiro atoms. The summed E-state index contributed by atoms with van der Waals surface area (Å²) < 4.78 is 0. The highest BCUT2D eigenvalue weighted by atomic mass is 16.3. The van der Waals surface area contributed by atoms with Crippen LogP contribution >= 0.6 is 0 Å². The maximum absolute atomic E-state index is 12.2. The topological polar surface area (TPSA) is 86.7 Å². The first-order chi connectivity index (χ1) is 11.6. The Hall–Kier alpha value is -3.15. The van der Waals surface area contributed by atoms with Crippen molar-refractivity contribution in [2.24, 2.45) is 0 Å². The van der Waals surface area contributed by atoms with Crippen LogP contribution in [-0.2, 0) is 4.79 Å². The number of imide groups is 1. The molecule has 3 amide bonds. The zero-order valence-corrected chi connectivity index (χ0v) is 12.9. The molecule has 0 bridgehead atoms. The van der Waals surface area contributed by atoms with Gasteiger partial charge in [-0.25, -0.2) is 0 Å². The molecule has 0 atom stereocenters. The molecule has 122 valence electrons.